The molecule has 2 heterocycles. The van der Waals surface area contributed by atoms with E-state index < -0.39 is 29.4 Å². The van der Waals surface area contributed by atoms with Crippen LogP contribution < -0.4 is 10.1 Å². The molecule has 1 fully saturated rings. The summed E-state index contributed by atoms with van der Waals surface area (Å²) in [6.45, 7) is 0.619. The summed E-state index contributed by atoms with van der Waals surface area (Å²) in [6.07, 6.45) is 3.61. The first-order valence-corrected chi connectivity index (χ1v) is 12.4. The molecule has 1 saturated heterocycles. The number of amides is 3. The summed E-state index contributed by atoms with van der Waals surface area (Å²) in [5.74, 6) is -0.728. The van der Waals surface area contributed by atoms with Crippen LogP contribution in [0.4, 0.5) is 14.9 Å². The quantitative estimate of drug-likeness (QED) is 0.312. The van der Waals surface area contributed by atoms with E-state index in [0.717, 1.165) is 38.9 Å². The maximum atomic E-state index is 13.1. The van der Waals surface area contributed by atoms with E-state index in [-0.39, 0.29) is 4.91 Å². The van der Waals surface area contributed by atoms with Crippen molar-refractivity contribution in [2.75, 3.05) is 18.5 Å². The van der Waals surface area contributed by atoms with Crippen LogP contribution in [0.1, 0.15) is 5.56 Å². The number of fused-ring (bicyclic) bond motifs is 1. The van der Waals surface area contributed by atoms with Crippen molar-refractivity contribution >= 4 is 51.5 Å². The van der Waals surface area contributed by atoms with Gasteiger partial charge in [0, 0.05) is 28.4 Å². The second-order valence-electron chi connectivity index (χ2n) is 8.28. The van der Waals surface area contributed by atoms with Gasteiger partial charge >= 0.3 is 0 Å². The molecular weight excluding hydrogens is 493 g/mol. The Balaban J connectivity index is 1.30. The van der Waals surface area contributed by atoms with E-state index in [1.165, 1.54) is 24.3 Å². The molecular formula is C28H22FN3O4S. The van der Waals surface area contributed by atoms with Crippen molar-refractivity contribution in [3.63, 3.8) is 0 Å². The second kappa shape index (κ2) is 10.7. The molecule has 0 saturated carbocycles. The molecule has 0 unspecified atom stereocenters. The molecule has 0 aliphatic carbocycles. The zero-order chi connectivity index (χ0) is 25.8. The van der Waals surface area contributed by atoms with Gasteiger partial charge in [0.1, 0.15) is 24.7 Å². The smallest absolute Gasteiger partial charge is 0.294 e. The Kier molecular flexibility index (Phi) is 7.04. The van der Waals surface area contributed by atoms with Gasteiger partial charge < -0.3 is 14.6 Å². The van der Waals surface area contributed by atoms with Gasteiger partial charge in [-0.25, -0.2) is 4.39 Å². The van der Waals surface area contributed by atoms with Gasteiger partial charge in [-0.1, -0.05) is 36.4 Å². The summed E-state index contributed by atoms with van der Waals surface area (Å²) < 4.78 is 21.0. The van der Waals surface area contributed by atoms with Gasteiger partial charge in [-0.2, -0.15) is 0 Å². The highest BCUT2D eigenvalue weighted by molar-refractivity contribution is 8.18. The van der Waals surface area contributed by atoms with Gasteiger partial charge in [0.2, 0.25) is 5.91 Å². The number of rotatable bonds is 8. The van der Waals surface area contributed by atoms with Gasteiger partial charge in [-0.05, 0) is 60.3 Å². The minimum absolute atomic E-state index is 0.239. The third-order valence-corrected chi connectivity index (χ3v) is 6.66. The van der Waals surface area contributed by atoms with Crippen LogP contribution in [0.25, 0.3) is 17.0 Å². The molecule has 0 radical (unpaired) electrons. The number of carbonyl (C=O) groups is 3. The van der Waals surface area contributed by atoms with Crippen LogP contribution >= 0.6 is 11.8 Å². The van der Waals surface area contributed by atoms with Crippen LogP contribution in [0.3, 0.4) is 0 Å². The molecule has 0 atom stereocenters. The zero-order valence-electron chi connectivity index (χ0n) is 19.6. The minimum atomic E-state index is -0.551. The maximum Gasteiger partial charge on any atom is 0.294 e. The van der Waals surface area contributed by atoms with Crippen LogP contribution in [0.15, 0.2) is 90.0 Å². The number of imide groups is 1. The van der Waals surface area contributed by atoms with E-state index in [2.05, 4.69) is 5.32 Å². The van der Waals surface area contributed by atoms with E-state index in [1.54, 1.807) is 6.08 Å². The number of carbonyl (C=O) groups excluding carboxylic acids is 3. The number of anilines is 1. The predicted molar refractivity (Wildman–Crippen MR) is 142 cm³/mol. The molecule has 37 heavy (non-hydrogen) atoms. The van der Waals surface area contributed by atoms with Crippen LogP contribution in [0, 0.1) is 5.82 Å². The van der Waals surface area contributed by atoms with Crippen LogP contribution in [0.5, 0.6) is 5.75 Å². The van der Waals surface area contributed by atoms with E-state index in [9.17, 15) is 18.8 Å². The number of ether oxygens (including phenoxy) is 1. The average Bonchev–Trinajstić information content (AvgIpc) is 3.38. The van der Waals surface area contributed by atoms with Gasteiger partial charge in [0.25, 0.3) is 11.1 Å². The van der Waals surface area contributed by atoms with Crippen LogP contribution in [0.2, 0.25) is 0 Å². The molecule has 1 aliphatic rings. The molecule has 0 spiro atoms. The maximum absolute atomic E-state index is 13.1. The number of hydrogen-bond acceptors (Lipinski definition) is 5. The Morgan fingerprint density at radius 1 is 0.973 bits per heavy atom. The Morgan fingerprint density at radius 2 is 1.70 bits per heavy atom. The lowest BCUT2D eigenvalue weighted by atomic mass is 10.1. The number of nitrogens with zero attached hydrogens (tertiary/aromatic N) is 2. The fraction of sp³-hybridized carbons (Fsp3) is 0.107. The third-order valence-electron chi connectivity index (χ3n) is 5.75. The van der Waals surface area contributed by atoms with Gasteiger partial charge in [0.05, 0.1) is 11.4 Å². The SMILES string of the molecule is O=C(CN1C(=O)S/C(=C\c2cn(CCOc3ccccc3)c3ccccc23)C1=O)Nc1ccc(F)cc1. The highest BCUT2D eigenvalue weighted by Crippen LogP contribution is 2.34. The highest BCUT2D eigenvalue weighted by Gasteiger charge is 2.36. The van der Waals surface area contributed by atoms with E-state index in [1.807, 2.05) is 65.4 Å². The predicted octanol–water partition coefficient (Wildman–Crippen LogP) is 5.53. The Hall–Kier alpha value is -4.37. The zero-order valence-corrected chi connectivity index (χ0v) is 20.4. The molecule has 9 heteroatoms. The monoisotopic (exact) mass is 515 g/mol. The van der Waals surface area contributed by atoms with Crippen molar-refractivity contribution < 1.29 is 23.5 Å². The minimum Gasteiger partial charge on any atom is -0.492 e. The number of thioether (sulfide) groups is 1. The number of benzene rings is 3. The molecule has 1 aliphatic heterocycles. The topological polar surface area (TPSA) is 80.6 Å². The molecule has 0 bridgehead atoms. The van der Waals surface area contributed by atoms with Crippen molar-refractivity contribution in [2.24, 2.45) is 0 Å². The summed E-state index contributed by atoms with van der Waals surface area (Å²) >= 11 is 0.795. The average molecular weight is 516 g/mol. The summed E-state index contributed by atoms with van der Waals surface area (Å²) in [6, 6.07) is 22.6. The number of aromatic nitrogens is 1. The Bertz CT molecular complexity index is 1500. The Labute approximate surface area is 216 Å². The highest BCUT2D eigenvalue weighted by atomic mass is 32.2. The van der Waals surface area contributed by atoms with Gasteiger partial charge in [-0.15, -0.1) is 0 Å². The largest absolute Gasteiger partial charge is 0.492 e. The fourth-order valence-electron chi connectivity index (χ4n) is 4.01. The van der Waals surface area contributed by atoms with Crippen molar-refractivity contribution in [3.05, 3.63) is 101 Å². The first kappa shape index (κ1) is 24.3. The molecule has 186 valence electrons. The summed E-state index contributed by atoms with van der Waals surface area (Å²) in [4.78, 5) is 39.1. The van der Waals surface area contributed by atoms with E-state index in [4.69, 9.17) is 4.74 Å². The molecule has 3 amide bonds. The summed E-state index contributed by atoms with van der Waals surface area (Å²) in [5.41, 5.74) is 2.14. The summed E-state index contributed by atoms with van der Waals surface area (Å²) in [7, 11) is 0. The first-order chi connectivity index (χ1) is 18.0. The molecule has 1 aromatic heterocycles. The van der Waals surface area contributed by atoms with Gasteiger partial charge in [-0.3, -0.25) is 19.3 Å². The summed E-state index contributed by atoms with van der Waals surface area (Å²) in [5, 5.41) is 2.98. The normalized spacial score (nSPS) is 14.5. The number of hydrogen-bond donors (Lipinski definition) is 1. The molecule has 7 nitrogen and oxygen atoms in total. The number of halogens is 1. The van der Waals surface area contributed by atoms with Crippen LogP contribution in [-0.4, -0.2) is 39.7 Å². The van der Waals surface area contributed by atoms with Crippen molar-refractivity contribution in [1.82, 2.24) is 9.47 Å². The number of para-hydroxylation sites is 2. The molecule has 5 rings (SSSR count). The first-order valence-electron chi connectivity index (χ1n) is 11.5. The lowest BCUT2D eigenvalue weighted by Crippen LogP contribution is -2.36. The van der Waals surface area contributed by atoms with Gasteiger partial charge in [0.15, 0.2) is 0 Å². The molecule has 3 aromatic carbocycles. The van der Waals surface area contributed by atoms with Crippen molar-refractivity contribution in [3.8, 4) is 5.75 Å². The molecule has 4 aromatic rings. The lowest BCUT2D eigenvalue weighted by molar-refractivity contribution is -0.127. The Morgan fingerprint density at radius 3 is 2.49 bits per heavy atom. The van der Waals surface area contributed by atoms with E-state index in [0.29, 0.717) is 18.8 Å². The lowest BCUT2D eigenvalue weighted by Gasteiger charge is -2.12. The molecule has 1 N–H and O–H groups in total. The van der Waals surface area contributed by atoms with Crippen LogP contribution in [-0.2, 0) is 16.1 Å². The van der Waals surface area contributed by atoms with Crippen molar-refractivity contribution in [2.45, 2.75) is 6.54 Å². The fourth-order valence-corrected chi connectivity index (χ4v) is 4.84. The van der Waals surface area contributed by atoms with E-state index >= 15 is 0 Å². The standard InChI is InChI=1S/C28H22FN3O4S/c29-20-10-12-21(13-11-20)30-26(33)18-32-27(34)25(37-28(32)35)16-19-17-31(24-9-5-4-8-23(19)24)14-15-36-22-6-2-1-3-7-22/h1-13,16-17H,14-15,18H2,(H,30,33)/b25-16-. The third kappa shape index (κ3) is 5.57. The van der Waals surface area contributed by atoms with Crippen molar-refractivity contribution in [1.29, 1.82) is 0 Å². The second-order valence-corrected chi connectivity index (χ2v) is 9.27. The number of nitrogens with one attached hydrogen (secondary N) is 1.